The molecule has 2 saturated heterocycles. The number of epoxide rings is 2. The SMILES string of the molecule is CC(=O)O[C@@H]([C@H](OC(C)=O)[C@@H]1CO1)[C@@H]1CO1. The Hall–Kier alpha value is -1.14. The predicted octanol–water partition coefficient (Wildman–Crippen LogP) is -0.353. The van der Waals surface area contributed by atoms with Gasteiger partial charge in [0.15, 0.2) is 12.2 Å². The van der Waals surface area contributed by atoms with Crippen molar-refractivity contribution in [2.24, 2.45) is 0 Å². The van der Waals surface area contributed by atoms with Crippen LogP contribution in [0.3, 0.4) is 0 Å². The summed E-state index contributed by atoms with van der Waals surface area (Å²) < 4.78 is 20.4. The van der Waals surface area contributed by atoms with Gasteiger partial charge in [0.25, 0.3) is 0 Å². The summed E-state index contributed by atoms with van der Waals surface area (Å²) in [6.07, 6.45) is -1.49. The van der Waals surface area contributed by atoms with Gasteiger partial charge < -0.3 is 18.9 Å². The lowest BCUT2D eigenvalue weighted by molar-refractivity contribution is -0.168. The average molecular weight is 230 g/mol. The van der Waals surface area contributed by atoms with Crippen LogP contribution in [-0.2, 0) is 28.5 Å². The van der Waals surface area contributed by atoms with Crippen molar-refractivity contribution in [3.63, 3.8) is 0 Å². The van der Waals surface area contributed by atoms with Crippen LogP contribution in [0.1, 0.15) is 13.8 Å². The molecule has 0 N–H and O–H groups in total. The summed E-state index contributed by atoms with van der Waals surface area (Å²) in [7, 11) is 0. The van der Waals surface area contributed by atoms with Gasteiger partial charge in [-0.25, -0.2) is 0 Å². The lowest BCUT2D eigenvalue weighted by Crippen LogP contribution is -2.42. The average Bonchev–Trinajstić information content (AvgIpc) is 3.01. The van der Waals surface area contributed by atoms with Crippen molar-refractivity contribution in [1.82, 2.24) is 0 Å². The van der Waals surface area contributed by atoms with E-state index in [1.807, 2.05) is 0 Å². The van der Waals surface area contributed by atoms with Crippen molar-refractivity contribution in [3.8, 4) is 0 Å². The zero-order valence-electron chi connectivity index (χ0n) is 9.17. The second-order valence-corrected chi connectivity index (χ2v) is 3.89. The van der Waals surface area contributed by atoms with E-state index in [9.17, 15) is 9.59 Å². The first-order valence-corrected chi connectivity index (χ1v) is 5.15. The van der Waals surface area contributed by atoms with Gasteiger partial charge in [0.2, 0.25) is 0 Å². The van der Waals surface area contributed by atoms with Crippen LogP contribution in [0.2, 0.25) is 0 Å². The van der Waals surface area contributed by atoms with Gasteiger partial charge in [0, 0.05) is 13.8 Å². The fourth-order valence-corrected chi connectivity index (χ4v) is 1.58. The Morgan fingerprint density at radius 2 is 1.31 bits per heavy atom. The van der Waals surface area contributed by atoms with E-state index in [0.717, 1.165) is 0 Å². The minimum atomic E-state index is -0.561. The van der Waals surface area contributed by atoms with Crippen molar-refractivity contribution in [2.45, 2.75) is 38.3 Å². The summed E-state index contributed by atoms with van der Waals surface area (Å²) in [6.45, 7) is 3.66. The monoisotopic (exact) mass is 230 g/mol. The third-order valence-corrected chi connectivity index (χ3v) is 2.38. The molecule has 0 bridgehead atoms. The summed E-state index contributed by atoms with van der Waals surface area (Å²) in [6, 6.07) is 0. The van der Waals surface area contributed by atoms with Gasteiger partial charge in [-0.15, -0.1) is 0 Å². The Kier molecular flexibility index (Phi) is 3.11. The van der Waals surface area contributed by atoms with Crippen LogP contribution < -0.4 is 0 Å². The van der Waals surface area contributed by atoms with Gasteiger partial charge in [-0.2, -0.15) is 0 Å². The maximum Gasteiger partial charge on any atom is 0.303 e. The van der Waals surface area contributed by atoms with Crippen molar-refractivity contribution >= 4 is 11.9 Å². The van der Waals surface area contributed by atoms with Crippen molar-refractivity contribution in [3.05, 3.63) is 0 Å². The molecule has 90 valence electrons. The normalized spacial score (nSPS) is 30.1. The first kappa shape index (κ1) is 11.3. The smallest absolute Gasteiger partial charge is 0.303 e. The van der Waals surface area contributed by atoms with Gasteiger partial charge in [-0.05, 0) is 0 Å². The topological polar surface area (TPSA) is 77.7 Å². The molecule has 6 nitrogen and oxygen atoms in total. The Bertz CT molecular complexity index is 264. The Balaban J connectivity index is 2.01. The fraction of sp³-hybridized carbons (Fsp3) is 0.800. The number of hydrogen-bond acceptors (Lipinski definition) is 6. The van der Waals surface area contributed by atoms with Gasteiger partial charge in [0.05, 0.1) is 13.2 Å². The third-order valence-electron chi connectivity index (χ3n) is 2.38. The largest absolute Gasteiger partial charge is 0.456 e. The molecule has 0 unspecified atom stereocenters. The molecule has 0 aliphatic carbocycles. The fourth-order valence-electron chi connectivity index (χ4n) is 1.58. The molecule has 6 heteroatoms. The predicted molar refractivity (Wildman–Crippen MR) is 50.6 cm³/mol. The summed E-state index contributed by atoms with van der Waals surface area (Å²) in [5.74, 6) is -0.836. The third kappa shape index (κ3) is 2.93. The highest BCUT2D eigenvalue weighted by Crippen LogP contribution is 2.29. The summed E-state index contributed by atoms with van der Waals surface area (Å²) in [5, 5.41) is 0. The molecule has 0 radical (unpaired) electrons. The van der Waals surface area contributed by atoms with Crippen LogP contribution in [0.4, 0.5) is 0 Å². The number of carbonyl (C=O) groups is 2. The molecule has 2 rings (SSSR count). The molecular weight excluding hydrogens is 216 g/mol. The molecule has 0 saturated carbocycles. The summed E-state index contributed by atoms with van der Waals surface area (Å²) in [4.78, 5) is 21.9. The van der Waals surface area contributed by atoms with E-state index in [-0.39, 0.29) is 12.2 Å². The van der Waals surface area contributed by atoms with Crippen LogP contribution in [0.15, 0.2) is 0 Å². The van der Waals surface area contributed by atoms with E-state index in [4.69, 9.17) is 18.9 Å². The summed E-state index contributed by atoms with van der Waals surface area (Å²) in [5.41, 5.74) is 0. The van der Waals surface area contributed by atoms with Crippen LogP contribution >= 0.6 is 0 Å². The number of hydrogen-bond donors (Lipinski definition) is 0. The van der Waals surface area contributed by atoms with E-state index in [0.29, 0.717) is 13.2 Å². The molecule has 2 fully saturated rings. The van der Waals surface area contributed by atoms with Crippen LogP contribution in [0, 0.1) is 0 Å². The molecule has 0 amide bonds. The molecular formula is C10H14O6. The summed E-state index contributed by atoms with van der Waals surface area (Å²) >= 11 is 0. The minimum absolute atomic E-state index is 0.183. The van der Waals surface area contributed by atoms with Gasteiger partial charge in [-0.3, -0.25) is 9.59 Å². The zero-order valence-corrected chi connectivity index (χ0v) is 9.17. The van der Waals surface area contributed by atoms with E-state index in [2.05, 4.69) is 0 Å². The highest BCUT2D eigenvalue weighted by molar-refractivity contribution is 5.67. The maximum atomic E-state index is 11.0. The number of ether oxygens (including phenoxy) is 4. The van der Waals surface area contributed by atoms with Crippen LogP contribution in [-0.4, -0.2) is 49.6 Å². The molecule has 0 spiro atoms. The van der Waals surface area contributed by atoms with Crippen LogP contribution in [0.5, 0.6) is 0 Å². The van der Waals surface area contributed by atoms with Crippen molar-refractivity contribution < 1.29 is 28.5 Å². The standard InChI is InChI=1S/C10H14O6/c1-5(11)15-9(7-3-13-7)10(8-4-14-8)16-6(2)12/h7-10H,3-4H2,1-2H3/t7-,8-,9+,10+/m0/s1. The molecule has 0 aromatic heterocycles. The molecule has 0 aromatic carbocycles. The molecule has 2 aliphatic heterocycles. The first-order chi connectivity index (χ1) is 7.58. The molecule has 2 heterocycles. The minimum Gasteiger partial charge on any atom is -0.456 e. The van der Waals surface area contributed by atoms with E-state index < -0.39 is 24.1 Å². The number of esters is 2. The van der Waals surface area contributed by atoms with E-state index in [1.165, 1.54) is 13.8 Å². The van der Waals surface area contributed by atoms with Crippen molar-refractivity contribution in [2.75, 3.05) is 13.2 Å². The lowest BCUT2D eigenvalue weighted by Gasteiger charge is -2.23. The maximum absolute atomic E-state index is 11.0. The molecule has 0 aromatic rings. The second kappa shape index (κ2) is 4.39. The van der Waals surface area contributed by atoms with Gasteiger partial charge >= 0.3 is 11.9 Å². The molecule has 2 aliphatic rings. The van der Waals surface area contributed by atoms with Gasteiger partial charge in [-0.1, -0.05) is 0 Å². The number of carbonyl (C=O) groups excluding carboxylic acids is 2. The van der Waals surface area contributed by atoms with Crippen molar-refractivity contribution in [1.29, 1.82) is 0 Å². The molecule has 4 atom stereocenters. The first-order valence-electron chi connectivity index (χ1n) is 5.15. The van der Waals surface area contributed by atoms with Gasteiger partial charge in [0.1, 0.15) is 12.2 Å². The van der Waals surface area contributed by atoms with E-state index in [1.54, 1.807) is 0 Å². The molecule has 16 heavy (non-hydrogen) atoms. The van der Waals surface area contributed by atoms with Crippen LogP contribution in [0.25, 0.3) is 0 Å². The quantitative estimate of drug-likeness (QED) is 0.474. The Labute approximate surface area is 92.8 Å². The Morgan fingerprint density at radius 1 is 1.00 bits per heavy atom. The lowest BCUT2D eigenvalue weighted by atomic mass is 10.1. The van der Waals surface area contributed by atoms with E-state index >= 15 is 0 Å². The highest BCUT2D eigenvalue weighted by Gasteiger charge is 2.49. The number of rotatable bonds is 5. The Morgan fingerprint density at radius 3 is 1.50 bits per heavy atom. The zero-order chi connectivity index (χ0) is 11.7. The highest BCUT2D eigenvalue weighted by atomic mass is 16.7. The second-order valence-electron chi connectivity index (χ2n) is 3.89.